The fourth-order valence-electron chi connectivity index (χ4n) is 4.36. The normalized spacial score (nSPS) is 15.6. The van der Waals surface area contributed by atoms with Gasteiger partial charge in [-0.2, -0.15) is 4.31 Å². The average molecular weight is 561 g/mol. The van der Waals surface area contributed by atoms with E-state index in [2.05, 4.69) is 4.90 Å². The third-order valence-electron chi connectivity index (χ3n) is 6.56. The van der Waals surface area contributed by atoms with Gasteiger partial charge >= 0.3 is 5.97 Å². The molecule has 1 aliphatic rings. The van der Waals surface area contributed by atoms with Gasteiger partial charge in [-0.15, -0.1) is 0 Å². The van der Waals surface area contributed by atoms with Gasteiger partial charge in [0.05, 0.1) is 32.5 Å². The first kappa shape index (κ1) is 28.6. The van der Waals surface area contributed by atoms with E-state index < -0.39 is 32.5 Å². The standard InChI is InChI=1S/C28H30F2N2O6S/c1-36-24-5-3-4-22(16-24)26(38-19-20-6-8-21(9-7-20)28(33)37-2)18-31-12-14-32(15-13-31)39(34,35)27-11-10-23(29)17-25(27)30/h3-11,16-17,26H,12-15,18-19H2,1-2H3/t26-/m1/s1. The van der Waals surface area contributed by atoms with Crippen LogP contribution in [-0.2, 0) is 26.1 Å². The molecule has 1 fully saturated rings. The zero-order valence-electron chi connectivity index (χ0n) is 21.7. The van der Waals surface area contributed by atoms with Gasteiger partial charge in [-0.1, -0.05) is 24.3 Å². The number of carbonyl (C=O) groups excluding carboxylic acids is 1. The molecule has 3 aromatic rings. The lowest BCUT2D eigenvalue weighted by atomic mass is 10.1. The second-order valence-corrected chi connectivity index (χ2v) is 11.0. The highest BCUT2D eigenvalue weighted by Crippen LogP contribution is 2.26. The summed E-state index contributed by atoms with van der Waals surface area (Å²) in [4.78, 5) is 13.3. The van der Waals surface area contributed by atoms with Crippen LogP contribution in [0.1, 0.15) is 27.6 Å². The van der Waals surface area contributed by atoms with E-state index in [1.165, 1.54) is 11.4 Å². The van der Waals surface area contributed by atoms with Gasteiger partial charge in [-0.3, -0.25) is 4.90 Å². The summed E-state index contributed by atoms with van der Waals surface area (Å²) in [6.07, 6.45) is -0.363. The second kappa shape index (κ2) is 12.6. The Morgan fingerprint density at radius 1 is 0.949 bits per heavy atom. The monoisotopic (exact) mass is 560 g/mol. The molecule has 1 heterocycles. The number of methoxy groups -OCH3 is 2. The number of nitrogens with zero attached hydrogens (tertiary/aromatic N) is 2. The summed E-state index contributed by atoms with van der Waals surface area (Å²) >= 11 is 0. The van der Waals surface area contributed by atoms with Crippen molar-refractivity contribution in [2.45, 2.75) is 17.6 Å². The third kappa shape index (κ3) is 6.99. The summed E-state index contributed by atoms with van der Waals surface area (Å²) in [5, 5.41) is 0. The SMILES string of the molecule is COC(=O)c1ccc(CO[C@H](CN2CCN(S(=O)(=O)c3ccc(F)cc3F)CC2)c2cccc(OC)c2)cc1. The number of esters is 1. The van der Waals surface area contributed by atoms with Gasteiger partial charge in [0, 0.05) is 38.8 Å². The van der Waals surface area contributed by atoms with Crippen molar-refractivity contribution in [3.8, 4) is 5.75 Å². The summed E-state index contributed by atoms with van der Waals surface area (Å²) in [6.45, 7) is 1.87. The third-order valence-corrected chi connectivity index (χ3v) is 8.49. The largest absolute Gasteiger partial charge is 0.497 e. The number of halogens is 2. The molecule has 0 bridgehead atoms. The predicted octanol–water partition coefficient (Wildman–Crippen LogP) is 4.02. The number of hydrogen-bond acceptors (Lipinski definition) is 7. The van der Waals surface area contributed by atoms with Gasteiger partial charge in [0.15, 0.2) is 0 Å². The number of sulfonamides is 1. The average Bonchev–Trinajstić information content (AvgIpc) is 2.95. The Bertz CT molecular complexity index is 1390. The van der Waals surface area contributed by atoms with Crippen LogP contribution in [0.4, 0.5) is 8.78 Å². The summed E-state index contributed by atoms with van der Waals surface area (Å²) in [5.74, 6) is -1.68. The van der Waals surface area contributed by atoms with E-state index in [4.69, 9.17) is 14.2 Å². The van der Waals surface area contributed by atoms with Gasteiger partial charge in [0.1, 0.15) is 22.3 Å². The number of carbonyl (C=O) groups is 1. The lowest BCUT2D eigenvalue weighted by Crippen LogP contribution is -2.49. The molecule has 0 radical (unpaired) electrons. The first-order valence-electron chi connectivity index (χ1n) is 12.3. The lowest BCUT2D eigenvalue weighted by molar-refractivity contribution is 0.00760. The molecular formula is C28H30F2N2O6S. The van der Waals surface area contributed by atoms with Crippen LogP contribution in [0.15, 0.2) is 71.6 Å². The van der Waals surface area contributed by atoms with Crippen LogP contribution < -0.4 is 4.74 Å². The number of piperazine rings is 1. The van der Waals surface area contributed by atoms with Crippen LogP contribution in [0.2, 0.25) is 0 Å². The van der Waals surface area contributed by atoms with Gasteiger partial charge in [0.2, 0.25) is 10.0 Å². The minimum Gasteiger partial charge on any atom is -0.497 e. The van der Waals surface area contributed by atoms with Crippen molar-refractivity contribution in [2.24, 2.45) is 0 Å². The van der Waals surface area contributed by atoms with E-state index in [1.54, 1.807) is 31.4 Å². The maximum absolute atomic E-state index is 14.2. The Morgan fingerprint density at radius 2 is 1.67 bits per heavy atom. The molecule has 11 heteroatoms. The highest BCUT2D eigenvalue weighted by Gasteiger charge is 2.31. The van der Waals surface area contributed by atoms with E-state index >= 15 is 0 Å². The van der Waals surface area contributed by atoms with Crippen LogP contribution in [-0.4, -0.2) is 70.5 Å². The maximum atomic E-state index is 14.2. The molecule has 208 valence electrons. The van der Waals surface area contributed by atoms with Crippen LogP contribution in [0.5, 0.6) is 5.75 Å². The Hall–Kier alpha value is -3.38. The van der Waals surface area contributed by atoms with Crippen molar-refractivity contribution in [1.82, 2.24) is 9.21 Å². The molecule has 0 aliphatic carbocycles. The lowest BCUT2D eigenvalue weighted by Gasteiger charge is -2.36. The van der Waals surface area contributed by atoms with Crippen molar-refractivity contribution >= 4 is 16.0 Å². The molecule has 0 amide bonds. The Morgan fingerprint density at radius 3 is 2.31 bits per heavy atom. The number of benzene rings is 3. The molecule has 0 aromatic heterocycles. The molecule has 3 aromatic carbocycles. The molecule has 0 unspecified atom stereocenters. The van der Waals surface area contributed by atoms with Crippen LogP contribution in [0.3, 0.4) is 0 Å². The number of ether oxygens (including phenoxy) is 3. The quantitative estimate of drug-likeness (QED) is 0.346. The van der Waals surface area contributed by atoms with Crippen LogP contribution >= 0.6 is 0 Å². The zero-order valence-corrected chi connectivity index (χ0v) is 22.5. The summed E-state index contributed by atoms with van der Waals surface area (Å²) in [7, 11) is -1.18. The van der Waals surface area contributed by atoms with Crippen molar-refractivity contribution < 1.29 is 36.2 Å². The van der Waals surface area contributed by atoms with E-state index in [0.29, 0.717) is 37.0 Å². The molecule has 39 heavy (non-hydrogen) atoms. The van der Waals surface area contributed by atoms with Crippen LogP contribution in [0.25, 0.3) is 0 Å². The summed E-state index contributed by atoms with van der Waals surface area (Å²) in [5.41, 5.74) is 2.20. The molecule has 1 saturated heterocycles. The predicted molar refractivity (Wildman–Crippen MR) is 140 cm³/mol. The minimum absolute atomic E-state index is 0.152. The van der Waals surface area contributed by atoms with Gasteiger partial charge in [-0.25, -0.2) is 22.0 Å². The van der Waals surface area contributed by atoms with E-state index in [-0.39, 0.29) is 25.8 Å². The van der Waals surface area contributed by atoms with Gasteiger partial charge < -0.3 is 14.2 Å². The maximum Gasteiger partial charge on any atom is 0.337 e. The Labute approximate surface area is 226 Å². The highest BCUT2D eigenvalue weighted by atomic mass is 32.2. The Kier molecular flexibility index (Phi) is 9.28. The smallest absolute Gasteiger partial charge is 0.337 e. The first-order valence-corrected chi connectivity index (χ1v) is 13.8. The molecule has 1 atom stereocenters. The molecule has 0 N–H and O–H groups in total. The molecule has 0 spiro atoms. The summed E-state index contributed by atoms with van der Waals surface area (Å²) < 4.78 is 71.0. The Balaban J connectivity index is 1.44. The fourth-order valence-corrected chi connectivity index (χ4v) is 5.83. The van der Waals surface area contributed by atoms with Gasteiger partial charge in [-0.05, 0) is 47.5 Å². The number of rotatable bonds is 10. The first-order chi connectivity index (χ1) is 18.7. The summed E-state index contributed by atoms with van der Waals surface area (Å²) in [6, 6.07) is 16.9. The van der Waals surface area contributed by atoms with E-state index in [1.807, 2.05) is 24.3 Å². The zero-order chi connectivity index (χ0) is 28.0. The molecule has 4 rings (SSSR count). The molecule has 8 nitrogen and oxygen atoms in total. The minimum atomic E-state index is -4.10. The van der Waals surface area contributed by atoms with Crippen molar-refractivity contribution in [1.29, 1.82) is 0 Å². The van der Waals surface area contributed by atoms with E-state index in [0.717, 1.165) is 23.3 Å². The molecular weight excluding hydrogens is 530 g/mol. The van der Waals surface area contributed by atoms with Crippen LogP contribution in [0, 0.1) is 11.6 Å². The fraction of sp³-hybridized carbons (Fsp3) is 0.321. The number of hydrogen-bond donors (Lipinski definition) is 0. The molecule has 1 aliphatic heterocycles. The van der Waals surface area contributed by atoms with E-state index in [9.17, 15) is 22.0 Å². The van der Waals surface area contributed by atoms with Gasteiger partial charge in [0.25, 0.3) is 0 Å². The van der Waals surface area contributed by atoms with Crippen molar-refractivity contribution in [2.75, 3.05) is 46.9 Å². The molecule has 0 saturated carbocycles. The van der Waals surface area contributed by atoms with Crippen molar-refractivity contribution in [3.05, 3.63) is 95.1 Å². The second-order valence-electron chi connectivity index (χ2n) is 9.04. The highest BCUT2D eigenvalue weighted by molar-refractivity contribution is 7.89. The topological polar surface area (TPSA) is 85.4 Å². The van der Waals surface area contributed by atoms with Crippen molar-refractivity contribution in [3.63, 3.8) is 0 Å².